The Morgan fingerprint density at radius 2 is 1.85 bits per heavy atom. The molecule has 0 spiro atoms. The fraction of sp³-hybridized carbons (Fsp3) is 0.375. The van der Waals surface area contributed by atoms with E-state index in [2.05, 4.69) is 52.2 Å². The van der Waals surface area contributed by atoms with Gasteiger partial charge in [0.1, 0.15) is 5.82 Å². The zero-order valence-electron chi connectivity index (χ0n) is 12.2. The van der Waals surface area contributed by atoms with Gasteiger partial charge in [0.05, 0.1) is 0 Å². The Hall–Kier alpha value is -1.94. The van der Waals surface area contributed by atoms with Crippen LogP contribution in [-0.4, -0.2) is 28.0 Å². The van der Waals surface area contributed by atoms with Crippen LogP contribution in [-0.2, 0) is 13.1 Å². The van der Waals surface area contributed by atoms with Crippen molar-refractivity contribution >= 4 is 5.82 Å². The van der Waals surface area contributed by atoms with Crippen LogP contribution in [0.2, 0.25) is 0 Å². The fourth-order valence-corrected chi connectivity index (χ4v) is 2.16. The molecule has 106 valence electrons. The van der Waals surface area contributed by atoms with Crippen LogP contribution in [0.25, 0.3) is 0 Å². The number of hydrogen-bond donors (Lipinski definition) is 1. The molecule has 0 atom stereocenters. The number of hydrogen-bond acceptors (Lipinski definition) is 4. The molecule has 0 aliphatic rings. The summed E-state index contributed by atoms with van der Waals surface area (Å²) in [7, 11) is 0. The lowest BCUT2D eigenvalue weighted by Crippen LogP contribution is -2.23. The molecule has 0 aliphatic heterocycles. The van der Waals surface area contributed by atoms with Gasteiger partial charge in [-0.05, 0) is 37.2 Å². The summed E-state index contributed by atoms with van der Waals surface area (Å²) in [6.45, 7) is 8.00. The summed E-state index contributed by atoms with van der Waals surface area (Å²) in [5.74, 6) is 0.989. The minimum atomic E-state index is 0.889. The second-order valence-electron chi connectivity index (χ2n) is 4.70. The van der Waals surface area contributed by atoms with Gasteiger partial charge in [0.2, 0.25) is 0 Å². The second kappa shape index (κ2) is 7.60. The molecule has 2 heterocycles. The molecule has 0 aliphatic carbocycles. The number of anilines is 1. The zero-order valence-corrected chi connectivity index (χ0v) is 12.2. The largest absolute Gasteiger partial charge is 0.370 e. The first-order chi connectivity index (χ1) is 9.83. The highest BCUT2D eigenvalue weighted by molar-refractivity contribution is 5.43. The molecule has 1 N–H and O–H groups in total. The van der Waals surface area contributed by atoms with Gasteiger partial charge in [0.25, 0.3) is 0 Å². The van der Waals surface area contributed by atoms with Crippen LogP contribution < -0.4 is 5.32 Å². The molecule has 0 amide bonds. The minimum absolute atomic E-state index is 0.889. The first kappa shape index (κ1) is 14.5. The quantitative estimate of drug-likeness (QED) is 0.840. The lowest BCUT2D eigenvalue weighted by molar-refractivity contribution is 0.271. The zero-order chi connectivity index (χ0) is 14.2. The van der Waals surface area contributed by atoms with E-state index in [9.17, 15) is 0 Å². The molecule has 4 heteroatoms. The normalized spacial score (nSPS) is 10.8. The summed E-state index contributed by atoms with van der Waals surface area (Å²) in [5.41, 5.74) is 2.53. The molecule has 4 nitrogen and oxygen atoms in total. The average molecular weight is 270 g/mol. The van der Waals surface area contributed by atoms with Crippen molar-refractivity contribution in [3.63, 3.8) is 0 Å². The smallest absolute Gasteiger partial charge is 0.130 e. The van der Waals surface area contributed by atoms with Crippen LogP contribution in [0.15, 0.2) is 42.9 Å². The number of nitrogens with zero attached hydrogens (tertiary/aromatic N) is 3. The van der Waals surface area contributed by atoms with Crippen LogP contribution in [0.1, 0.15) is 25.0 Å². The maximum atomic E-state index is 4.42. The summed E-state index contributed by atoms with van der Waals surface area (Å²) >= 11 is 0. The van der Waals surface area contributed by atoms with Crippen LogP contribution in [0, 0.1) is 0 Å². The Bertz CT molecular complexity index is 513. The third-order valence-electron chi connectivity index (χ3n) is 3.23. The van der Waals surface area contributed by atoms with Gasteiger partial charge >= 0.3 is 0 Å². The number of pyridine rings is 2. The summed E-state index contributed by atoms with van der Waals surface area (Å²) in [5, 5.41) is 3.32. The van der Waals surface area contributed by atoms with Crippen molar-refractivity contribution in [1.29, 1.82) is 0 Å². The molecule has 0 saturated carbocycles. The molecule has 0 fully saturated rings. The van der Waals surface area contributed by atoms with Crippen LogP contribution in [0.3, 0.4) is 0 Å². The molecular weight excluding hydrogens is 248 g/mol. The first-order valence-corrected chi connectivity index (χ1v) is 7.12. The van der Waals surface area contributed by atoms with E-state index < -0.39 is 0 Å². The molecule has 0 unspecified atom stereocenters. The third-order valence-corrected chi connectivity index (χ3v) is 3.23. The van der Waals surface area contributed by atoms with Gasteiger partial charge in [-0.3, -0.25) is 9.88 Å². The Balaban J connectivity index is 2.06. The van der Waals surface area contributed by atoms with E-state index in [0.29, 0.717) is 0 Å². The first-order valence-electron chi connectivity index (χ1n) is 7.12. The number of aromatic nitrogens is 2. The van der Waals surface area contributed by atoms with Gasteiger partial charge in [0.15, 0.2) is 0 Å². The highest BCUT2D eigenvalue weighted by atomic mass is 15.1. The lowest BCUT2D eigenvalue weighted by atomic mass is 10.2. The maximum absolute atomic E-state index is 4.42. The predicted molar refractivity (Wildman–Crippen MR) is 82.4 cm³/mol. The van der Waals surface area contributed by atoms with Crippen molar-refractivity contribution in [3.05, 3.63) is 54.0 Å². The highest BCUT2D eigenvalue weighted by Crippen LogP contribution is 2.15. The molecule has 2 aromatic heterocycles. The van der Waals surface area contributed by atoms with E-state index in [1.54, 1.807) is 0 Å². The topological polar surface area (TPSA) is 41.1 Å². The molecule has 20 heavy (non-hydrogen) atoms. The van der Waals surface area contributed by atoms with Crippen LogP contribution in [0.4, 0.5) is 5.82 Å². The number of nitrogens with one attached hydrogen (secondary N) is 1. The van der Waals surface area contributed by atoms with Crippen molar-refractivity contribution in [3.8, 4) is 0 Å². The Morgan fingerprint density at radius 1 is 1.05 bits per heavy atom. The Morgan fingerprint density at radius 3 is 2.55 bits per heavy atom. The molecule has 0 bridgehead atoms. The van der Waals surface area contributed by atoms with Crippen molar-refractivity contribution in [2.24, 2.45) is 0 Å². The molecular formula is C16H22N4. The van der Waals surface area contributed by atoms with Crippen molar-refractivity contribution < 1.29 is 0 Å². The molecule has 2 aromatic rings. The summed E-state index contributed by atoms with van der Waals surface area (Å²) < 4.78 is 0. The average Bonchev–Trinajstić information content (AvgIpc) is 2.50. The van der Waals surface area contributed by atoms with Gasteiger partial charge in [0, 0.05) is 43.8 Å². The Kier molecular flexibility index (Phi) is 5.50. The van der Waals surface area contributed by atoms with Gasteiger partial charge < -0.3 is 5.32 Å². The minimum Gasteiger partial charge on any atom is -0.370 e. The van der Waals surface area contributed by atoms with E-state index in [0.717, 1.165) is 32.0 Å². The van der Waals surface area contributed by atoms with E-state index in [1.807, 2.05) is 24.7 Å². The van der Waals surface area contributed by atoms with E-state index >= 15 is 0 Å². The maximum Gasteiger partial charge on any atom is 0.130 e. The van der Waals surface area contributed by atoms with Crippen molar-refractivity contribution in [1.82, 2.24) is 14.9 Å². The monoisotopic (exact) mass is 270 g/mol. The van der Waals surface area contributed by atoms with Crippen molar-refractivity contribution in [2.45, 2.75) is 26.9 Å². The fourth-order valence-electron chi connectivity index (χ4n) is 2.16. The highest BCUT2D eigenvalue weighted by Gasteiger charge is 2.08. The lowest BCUT2D eigenvalue weighted by Gasteiger charge is -2.21. The van der Waals surface area contributed by atoms with Gasteiger partial charge in [-0.2, -0.15) is 0 Å². The van der Waals surface area contributed by atoms with Crippen LogP contribution >= 0.6 is 0 Å². The molecule has 2 rings (SSSR count). The SMILES string of the molecule is CCNc1ncccc1CN(CC)Cc1ccncc1. The molecule has 0 saturated heterocycles. The second-order valence-corrected chi connectivity index (χ2v) is 4.70. The standard InChI is InChI=1S/C16H22N4/c1-3-18-16-15(6-5-9-19-16)13-20(4-2)12-14-7-10-17-11-8-14/h5-11H,3-4,12-13H2,1-2H3,(H,18,19). The van der Waals surface area contributed by atoms with Gasteiger partial charge in [-0.15, -0.1) is 0 Å². The van der Waals surface area contributed by atoms with E-state index in [4.69, 9.17) is 0 Å². The molecule has 0 radical (unpaired) electrons. The summed E-state index contributed by atoms with van der Waals surface area (Å²) in [4.78, 5) is 10.9. The predicted octanol–water partition coefficient (Wildman–Crippen LogP) is 2.93. The molecule has 0 aromatic carbocycles. The third kappa shape index (κ3) is 4.03. The summed E-state index contributed by atoms with van der Waals surface area (Å²) in [6, 6.07) is 8.27. The van der Waals surface area contributed by atoms with Gasteiger partial charge in [-0.1, -0.05) is 13.0 Å². The van der Waals surface area contributed by atoms with E-state index in [-0.39, 0.29) is 0 Å². The summed E-state index contributed by atoms with van der Waals surface area (Å²) in [6.07, 6.45) is 5.52. The number of rotatable bonds is 7. The van der Waals surface area contributed by atoms with Gasteiger partial charge in [-0.25, -0.2) is 4.98 Å². The van der Waals surface area contributed by atoms with Crippen molar-refractivity contribution in [2.75, 3.05) is 18.4 Å². The Labute approximate surface area is 120 Å². The van der Waals surface area contributed by atoms with Crippen LogP contribution in [0.5, 0.6) is 0 Å². The van der Waals surface area contributed by atoms with E-state index in [1.165, 1.54) is 11.1 Å².